The lowest BCUT2D eigenvalue weighted by Crippen LogP contribution is -2.19. The molecule has 0 heterocycles. The molecule has 18 heavy (non-hydrogen) atoms. The van der Waals surface area contributed by atoms with Gasteiger partial charge in [-0.3, -0.25) is 4.79 Å². The summed E-state index contributed by atoms with van der Waals surface area (Å²) >= 11 is 4.44. The fourth-order valence-corrected chi connectivity index (χ4v) is 2.13. The van der Waals surface area contributed by atoms with Gasteiger partial charge in [-0.2, -0.15) is 12.6 Å². The topological polar surface area (TPSA) is 55.1 Å². The maximum atomic E-state index is 13.7. The lowest BCUT2D eigenvalue weighted by atomic mass is 10.0. The zero-order valence-electron chi connectivity index (χ0n) is 10.4. The van der Waals surface area contributed by atoms with Crippen LogP contribution in [0.15, 0.2) is 18.2 Å². The number of rotatable bonds is 6. The smallest absolute Gasteiger partial charge is 0.253 e. The van der Waals surface area contributed by atoms with Gasteiger partial charge in [0, 0.05) is 12.3 Å². The van der Waals surface area contributed by atoms with Crippen LogP contribution < -0.4 is 11.1 Å². The van der Waals surface area contributed by atoms with Gasteiger partial charge in [-0.1, -0.05) is 6.07 Å². The maximum Gasteiger partial charge on any atom is 0.253 e. The lowest BCUT2D eigenvalue weighted by Gasteiger charge is -2.11. The van der Waals surface area contributed by atoms with Crippen LogP contribution >= 0.6 is 12.6 Å². The van der Waals surface area contributed by atoms with Crippen LogP contribution in [0.25, 0.3) is 0 Å². The summed E-state index contributed by atoms with van der Waals surface area (Å²) in [4.78, 5) is 11.3. The average Bonchev–Trinajstić information content (AvgIpc) is 2.35. The molecule has 3 nitrogen and oxygen atoms in total. The zero-order valence-corrected chi connectivity index (χ0v) is 11.3. The molecule has 0 radical (unpaired) electrons. The van der Waals surface area contributed by atoms with E-state index in [2.05, 4.69) is 17.9 Å². The molecule has 1 rings (SSSR count). The number of benzene rings is 1. The Morgan fingerprint density at radius 1 is 1.56 bits per heavy atom. The predicted molar refractivity (Wildman–Crippen MR) is 74.6 cm³/mol. The highest BCUT2D eigenvalue weighted by Gasteiger charge is 2.12. The van der Waals surface area contributed by atoms with Gasteiger partial charge in [0.25, 0.3) is 5.91 Å². The van der Waals surface area contributed by atoms with E-state index >= 15 is 0 Å². The molecular formula is C13H19FN2OS. The Hall–Kier alpha value is -1.07. The van der Waals surface area contributed by atoms with Crippen LogP contribution in [0.2, 0.25) is 0 Å². The minimum absolute atomic E-state index is 0.0684. The van der Waals surface area contributed by atoms with Crippen molar-refractivity contribution in [1.29, 1.82) is 0 Å². The third-order valence-electron chi connectivity index (χ3n) is 2.72. The van der Waals surface area contributed by atoms with E-state index in [9.17, 15) is 9.18 Å². The molecule has 3 N–H and O–H groups in total. The molecule has 0 aliphatic heterocycles. The standard InChI is InChI=1S/C13H19FN2OS/c1-16-13(17)11-5-4-9(8-12(11)14)7-10(18)3-2-6-15/h4-5,8,10,18H,2-3,6-7,15H2,1H3,(H,16,17). The van der Waals surface area contributed by atoms with E-state index in [1.54, 1.807) is 6.07 Å². The highest BCUT2D eigenvalue weighted by atomic mass is 32.1. The van der Waals surface area contributed by atoms with E-state index in [4.69, 9.17) is 5.73 Å². The monoisotopic (exact) mass is 270 g/mol. The molecule has 0 spiro atoms. The van der Waals surface area contributed by atoms with E-state index in [1.165, 1.54) is 19.2 Å². The van der Waals surface area contributed by atoms with Gasteiger partial charge < -0.3 is 11.1 Å². The number of carbonyl (C=O) groups excluding carboxylic acids is 1. The summed E-state index contributed by atoms with van der Waals surface area (Å²) in [5.74, 6) is -0.907. The highest BCUT2D eigenvalue weighted by molar-refractivity contribution is 7.80. The number of nitrogens with one attached hydrogen (secondary N) is 1. The average molecular weight is 270 g/mol. The van der Waals surface area contributed by atoms with E-state index in [0.717, 1.165) is 18.4 Å². The SMILES string of the molecule is CNC(=O)c1ccc(CC(S)CCCN)cc1F. The van der Waals surface area contributed by atoms with Crippen molar-refractivity contribution in [2.45, 2.75) is 24.5 Å². The summed E-state index contributed by atoms with van der Waals surface area (Å²) in [6.45, 7) is 0.640. The molecule has 5 heteroatoms. The number of halogens is 1. The minimum Gasteiger partial charge on any atom is -0.355 e. The van der Waals surface area contributed by atoms with Gasteiger partial charge in [0.15, 0.2) is 0 Å². The molecule has 0 aliphatic carbocycles. The third kappa shape index (κ3) is 4.31. The number of nitrogens with two attached hydrogens (primary N) is 1. The summed E-state index contributed by atoms with van der Waals surface area (Å²) in [6.07, 6.45) is 2.49. The Labute approximate surface area is 112 Å². The van der Waals surface area contributed by atoms with Gasteiger partial charge >= 0.3 is 0 Å². The quantitative estimate of drug-likeness (QED) is 0.690. The molecule has 0 aliphatic rings. The zero-order chi connectivity index (χ0) is 13.5. The second-order valence-corrected chi connectivity index (χ2v) is 4.91. The van der Waals surface area contributed by atoms with E-state index in [1.807, 2.05) is 0 Å². The fraction of sp³-hybridized carbons (Fsp3) is 0.462. The second kappa shape index (κ2) is 7.38. The normalized spacial score (nSPS) is 12.2. The van der Waals surface area contributed by atoms with Crippen LogP contribution in [0.3, 0.4) is 0 Å². The van der Waals surface area contributed by atoms with Gasteiger partial charge in [0.05, 0.1) is 5.56 Å². The number of thiol groups is 1. The van der Waals surface area contributed by atoms with Gasteiger partial charge in [-0.15, -0.1) is 0 Å². The third-order valence-corrected chi connectivity index (χ3v) is 3.16. The lowest BCUT2D eigenvalue weighted by molar-refractivity contribution is 0.0959. The Morgan fingerprint density at radius 3 is 2.83 bits per heavy atom. The largest absolute Gasteiger partial charge is 0.355 e. The van der Waals surface area contributed by atoms with Crippen LogP contribution in [-0.4, -0.2) is 24.7 Å². The van der Waals surface area contributed by atoms with E-state index in [0.29, 0.717) is 13.0 Å². The first-order valence-corrected chi connectivity index (χ1v) is 6.48. The molecule has 100 valence electrons. The second-order valence-electron chi connectivity index (χ2n) is 4.18. The molecule has 0 saturated carbocycles. The molecule has 0 saturated heterocycles. The fourth-order valence-electron chi connectivity index (χ4n) is 1.73. The molecule has 1 unspecified atom stereocenters. The molecule has 1 atom stereocenters. The first kappa shape index (κ1) is 15.0. The van der Waals surface area contributed by atoms with Gasteiger partial charge in [-0.25, -0.2) is 4.39 Å². The van der Waals surface area contributed by atoms with Crippen molar-refractivity contribution in [1.82, 2.24) is 5.32 Å². The molecule has 1 aromatic rings. The van der Waals surface area contributed by atoms with Gasteiger partial charge in [0.1, 0.15) is 5.82 Å². The van der Waals surface area contributed by atoms with Gasteiger partial charge in [0.2, 0.25) is 0 Å². The first-order chi connectivity index (χ1) is 8.58. The van der Waals surface area contributed by atoms with Crippen molar-refractivity contribution < 1.29 is 9.18 Å². The van der Waals surface area contributed by atoms with Crippen LogP contribution in [0.4, 0.5) is 4.39 Å². The summed E-state index contributed by atoms with van der Waals surface area (Å²) in [7, 11) is 1.48. The summed E-state index contributed by atoms with van der Waals surface area (Å²) in [6, 6.07) is 4.67. The number of carbonyl (C=O) groups is 1. The first-order valence-electron chi connectivity index (χ1n) is 5.97. The molecular weight excluding hydrogens is 251 g/mol. The van der Waals surface area contributed by atoms with E-state index < -0.39 is 11.7 Å². The van der Waals surface area contributed by atoms with Crippen molar-refractivity contribution in [3.8, 4) is 0 Å². The van der Waals surface area contributed by atoms with E-state index in [-0.39, 0.29) is 10.8 Å². The Morgan fingerprint density at radius 2 is 2.28 bits per heavy atom. The van der Waals surface area contributed by atoms with Crippen molar-refractivity contribution in [2.75, 3.05) is 13.6 Å². The van der Waals surface area contributed by atoms with Crippen LogP contribution in [0, 0.1) is 5.82 Å². The number of amides is 1. The summed E-state index contributed by atoms with van der Waals surface area (Å²) in [5.41, 5.74) is 6.34. The number of hydrogen-bond acceptors (Lipinski definition) is 3. The number of hydrogen-bond donors (Lipinski definition) is 3. The molecule has 0 bridgehead atoms. The summed E-state index contributed by atoms with van der Waals surface area (Å²) < 4.78 is 13.7. The van der Waals surface area contributed by atoms with Crippen molar-refractivity contribution in [3.05, 3.63) is 35.1 Å². The Balaban J connectivity index is 2.69. The minimum atomic E-state index is -0.494. The molecule has 1 aromatic carbocycles. The van der Waals surface area contributed by atoms with Crippen LogP contribution in [0.1, 0.15) is 28.8 Å². The molecule has 0 fully saturated rings. The van der Waals surface area contributed by atoms with Gasteiger partial charge in [-0.05, 0) is 43.5 Å². The van der Waals surface area contributed by atoms with Crippen molar-refractivity contribution in [2.24, 2.45) is 5.73 Å². The summed E-state index contributed by atoms with van der Waals surface area (Å²) in [5, 5.41) is 2.57. The Kier molecular flexibility index (Phi) is 6.15. The maximum absolute atomic E-state index is 13.7. The van der Waals surface area contributed by atoms with Crippen molar-refractivity contribution >= 4 is 18.5 Å². The van der Waals surface area contributed by atoms with Crippen LogP contribution in [-0.2, 0) is 6.42 Å². The predicted octanol–water partition coefficient (Wildman–Crippen LogP) is 1.77. The Bertz CT molecular complexity index is 412. The van der Waals surface area contributed by atoms with Crippen molar-refractivity contribution in [3.63, 3.8) is 0 Å². The molecule has 1 amide bonds. The van der Waals surface area contributed by atoms with Crippen LogP contribution in [0.5, 0.6) is 0 Å². The highest BCUT2D eigenvalue weighted by Crippen LogP contribution is 2.16. The molecule has 0 aromatic heterocycles.